The van der Waals surface area contributed by atoms with Crippen molar-refractivity contribution in [3.8, 4) is 0 Å². The Labute approximate surface area is 144 Å². The van der Waals surface area contributed by atoms with Gasteiger partial charge in [-0.25, -0.2) is 0 Å². The Bertz CT molecular complexity index is 891. The molecular formula is C19H14ClNO3. The highest BCUT2D eigenvalue weighted by molar-refractivity contribution is 6.31. The summed E-state index contributed by atoms with van der Waals surface area (Å²) in [5.74, 6) is -0.228. The van der Waals surface area contributed by atoms with E-state index in [1.54, 1.807) is 31.3 Å². The van der Waals surface area contributed by atoms with Crippen LogP contribution in [0, 0.1) is 0 Å². The third-order valence-corrected chi connectivity index (χ3v) is 4.71. The quantitative estimate of drug-likeness (QED) is 0.746. The Kier molecular flexibility index (Phi) is 3.25. The second kappa shape index (κ2) is 5.21. The molecule has 0 saturated carbocycles. The van der Waals surface area contributed by atoms with Crippen LogP contribution >= 0.6 is 11.6 Å². The van der Waals surface area contributed by atoms with Crippen LogP contribution in [-0.4, -0.2) is 18.7 Å². The summed E-state index contributed by atoms with van der Waals surface area (Å²) in [6.07, 6.45) is 1.66. The van der Waals surface area contributed by atoms with Gasteiger partial charge < -0.3 is 9.64 Å². The molecule has 24 heavy (non-hydrogen) atoms. The maximum Gasteiger partial charge on any atom is 0.276 e. The molecule has 1 amide bonds. The lowest BCUT2D eigenvalue weighted by atomic mass is 9.92. The Morgan fingerprint density at radius 1 is 1.17 bits per heavy atom. The van der Waals surface area contributed by atoms with Gasteiger partial charge in [0.25, 0.3) is 5.91 Å². The van der Waals surface area contributed by atoms with E-state index in [4.69, 9.17) is 16.3 Å². The van der Waals surface area contributed by atoms with E-state index >= 15 is 0 Å². The van der Waals surface area contributed by atoms with Crippen molar-refractivity contribution in [3.63, 3.8) is 0 Å². The molecule has 0 N–H and O–H groups in total. The third-order valence-electron chi connectivity index (χ3n) is 4.47. The lowest BCUT2D eigenvalue weighted by Crippen LogP contribution is -2.38. The molecule has 1 spiro atoms. The van der Waals surface area contributed by atoms with Crippen LogP contribution < -0.4 is 4.90 Å². The highest BCUT2D eigenvalue weighted by atomic mass is 35.5. The molecule has 4 nitrogen and oxygen atoms in total. The number of anilines is 1. The molecule has 2 aliphatic rings. The summed E-state index contributed by atoms with van der Waals surface area (Å²) < 4.78 is 5.95. The molecule has 1 fully saturated rings. The highest BCUT2D eigenvalue weighted by Gasteiger charge is 2.58. The summed E-state index contributed by atoms with van der Waals surface area (Å²) in [6.45, 7) is 0. The van der Waals surface area contributed by atoms with Crippen molar-refractivity contribution >= 4 is 35.1 Å². The van der Waals surface area contributed by atoms with E-state index in [1.807, 2.05) is 30.3 Å². The minimum Gasteiger partial charge on any atom is -0.468 e. The average molecular weight is 340 g/mol. The van der Waals surface area contributed by atoms with Crippen molar-refractivity contribution in [2.75, 3.05) is 11.9 Å². The van der Waals surface area contributed by atoms with E-state index in [-0.39, 0.29) is 23.9 Å². The number of ketones is 1. The lowest BCUT2D eigenvalue weighted by Gasteiger charge is -2.21. The van der Waals surface area contributed by atoms with E-state index in [9.17, 15) is 9.59 Å². The van der Waals surface area contributed by atoms with Gasteiger partial charge in [0.1, 0.15) is 0 Å². The van der Waals surface area contributed by atoms with Crippen molar-refractivity contribution in [1.82, 2.24) is 0 Å². The van der Waals surface area contributed by atoms with Crippen LogP contribution in [0.3, 0.4) is 0 Å². The van der Waals surface area contributed by atoms with Crippen LogP contribution in [-0.2, 0) is 19.9 Å². The number of rotatable bonds is 1. The molecule has 2 aromatic rings. The van der Waals surface area contributed by atoms with E-state index in [2.05, 4.69) is 0 Å². The maximum atomic E-state index is 12.8. The number of carbonyl (C=O) groups is 2. The normalized spacial score (nSPS) is 23.9. The van der Waals surface area contributed by atoms with Gasteiger partial charge in [0.2, 0.25) is 11.4 Å². The fourth-order valence-corrected chi connectivity index (χ4v) is 3.47. The van der Waals surface area contributed by atoms with Gasteiger partial charge >= 0.3 is 0 Å². The lowest BCUT2D eigenvalue weighted by molar-refractivity contribution is -0.135. The first kappa shape index (κ1) is 15.0. The van der Waals surface area contributed by atoms with Crippen LogP contribution in [0.4, 0.5) is 5.69 Å². The van der Waals surface area contributed by atoms with Crippen molar-refractivity contribution in [2.45, 2.75) is 12.0 Å². The number of nitrogens with zero attached hydrogens (tertiary/aromatic N) is 1. The molecular weight excluding hydrogens is 326 g/mol. The van der Waals surface area contributed by atoms with E-state index in [0.717, 1.165) is 11.3 Å². The number of ether oxygens (including phenoxy) is 1. The molecule has 0 radical (unpaired) electrons. The number of hydrogen-bond donors (Lipinski definition) is 0. The number of amides is 1. The average Bonchev–Trinajstić information content (AvgIpc) is 3.00. The first-order chi connectivity index (χ1) is 11.5. The number of fused-ring (bicyclic) bond motifs is 2. The van der Waals surface area contributed by atoms with E-state index < -0.39 is 5.60 Å². The Morgan fingerprint density at radius 2 is 1.92 bits per heavy atom. The van der Waals surface area contributed by atoms with E-state index in [1.165, 1.54) is 4.90 Å². The molecule has 2 heterocycles. The second-order valence-corrected chi connectivity index (χ2v) is 6.41. The van der Waals surface area contributed by atoms with Gasteiger partial charge in [0.05, 0.1) is 12.1 Å². The smallest absolute Gasteiger partial charge is 0.276 e. The molecule has 0 aliphatic carbocycles. The SMILES string of the molecule is CN1C(=O)C2(CC(=O)/C(=C/c3ccccc3)O2)c2cc(Cl)ccc21. The number of benzene rings is 2. The van der Waals surface area contributed by atoms with Gasteiger partial charge in [0, 0.05) is 17.6 Å². The Hall–Kier alpha value is -2.59. The zero-order chi connectivity index (χ0) is 16.9. The molecule has 4 rings (SSSR count). The predicted molar refractivity (Wildman–Crippen MR) is 91.7 cm³/mol. The van der Waals surface area contributed by atoms with Crippen LogP contribution in [0.25, 0.3) is 6.08 Å². The summed E-state index contributed by atoms with van der Waals surface area (Å²) in [4.78, 5) is 26.8. The number of allylic oxidation sites excluding steroid dienone is 1. The summed E-state index contributed by atoms with van der Waals surface area (Å²) in [6, 6.07) is 14.6. The zero-order valence-electron chi connectivity index (χ0n) is 13.0. The van der Waals surface area contributed by atoms with Gasteiger partial charge in [0.15, 0.2) is 5.76 Å². The van der Waals surface area contributed by atoms with Crippen molar-refractivity contribution in [1.29, 1.82) is 0 Å². The van der Waals surface area contributed by atoms with Crippen LogP contribution in [0.2, 0.25) is 5.02 Å². The molecule has 1 saturated heterocycles. The standard InChI is InChI=1S/C19H14ClNO3/c1-21-15-8-7-13(20)10-14(15)19(18(21)23)11-16(22)17(24-19)9-12-5-3-2-4-6-12/h2-10H,11H2,1H3/b17-9-. The summed E-state index contributed by atoms with van der Waals surface area (Å²) in [7, 11) is 1.68. The van der Waals surface area contributed by atoms with Gasteiger partial charge in [-0.2, -0.15) is 0 Å². The molecule has 0 aromatic heterocycles. The van der Waals surface area contributed by atoms with Crippen LogP contribution in [0.1, 0.15) is 17.5 Å². The third kappa shape index (κ3) is 2.07. The number of Topliss-reactive ketones (excluding diaryl/α,β-unsaturated/α-hetero) is 1. The van der Waals surface area contributed by atoms with Crippen molar-refractivity contribution < 1.29 is 14.3 Å². The maximum absolute atomic E-state index is 12.8. The molecule has 5 heteroatoms. The van der Waals surface area contributed by atoms with Crippen molar-refractivity contribution in [3.05, 3.63) is 70.4 Å². The minimum atomic E-state index is -1.30. The minimum absolute atomic E-state index is 0.0117. The summed E-state index contributed by atoms with van der Waals surface area (Å²) in [5, 5.41) is 0.507. The summed E-state index contributed by atoms with van der Waals surface area (Å²) >= 11 is 6.10. The highest BCUT2D eigenvalue weighted by Crippen LogP contribution is 2.50. The molecule has 2 aromatic carbocycles. The number of hydrogen-bond acceptors (Lipinski definition) is 3. The van der Waals surface area contributed by atoms with E-state index in [0.29, 0.717) is 10.6 Å². The van der Waals surface area contributed by atoms with Crippen LogP contribution in [0.5, 0.6) is 0 Å². The number of carbonyl (C=O) groups excluding carboxylic acids is 2. The Balaban J connectivity index is 1.81. The fourth-order valence-electron chi connectivity index (χ4n) is 3.29. The molecule has 0 bridgehead atoms. The van der Waals surface area contributed by atoms with Gasteiger partial charge in [-0.3, -0.25) is 9.59 Å². The molecule has 1 atom stereocenters. The van der Waals surface area contributed by atoms with Crippen molar-refractivity contribution in [2.24, 2.45) is 0 Å². The predicted octanol–water partition coefficient (Wildman–Crippen LogP) is 3.54. The van der Waals surface area contributed by atoms with Gasteiger partial charge in [-0.05, 0) is 29.8 Å². The monoisotopic (exact) mass is 339 g/mol. The summed E-state index contributed by atoms with van der Waals surface area (Å²) in [5.41, 5.74) is 0.917. The van der Waals surface area contributed by atoms with Crippen LogP contribution in [0.15, 0.2) is 54.3 Å². The molecule has 2 aliphatic heterocycles. The number of halogens is 1. The molecule has 120 valence electrons. The topological polar surface area (TPSA) is 46.6 Å². The van der Waals surface area contributed by atoms with Gasteiger partial charge in [-0.15, -0.1) is 0 Å². The molecule has 1 unspecified atom stereocenters. The Morgan fingerprint density at radius 3 is 2.67 bits per heavy atom. The van der Waals surface area contributed by atoms with Gasteiger partial charge in [-0.1, -0.05) is 41.9 Å². The second-order valence-electron chi connectivity index (χ2n) is 5.97. The first-order valence-electron chi connectivity index (χ1n) is 7.58. The first-order valence-corrected chi connectivity index (χ1v) is 7.96. The zero-order valence-corrected chi connectivity index (χ0v) is 13.7. The fraction of sp³-hybridized carbons (Fsp3) is 0.158. The number of likely N-dealkylation sites (N-methyl/N-ethyl adjacent to an activating group) is 1. The largest absolute Gasteiger partial charge is 0.468 e.